The molecule has 1 aromatic rings. The molecule has 26 heavy (non-hydrogen) atoms. The Bertz CT molecular complexity index is 782. The Hall–Kier alpha value is -2.15. The van der Waals surface area contributed by atoms with Crippen molar-refractivity contribution < 1.29 is 18.8 Å². The van der Waals surface area contributed by atoms with E-state index in [2.05, 4.69) is 39.2 Å². The number of fused-ring (bicyclic) bond motifs is 1. The summed E-state index contributed by atoms with van der Waals surface area (Å²) < 4.78 is 6.33. The van der Waals surface area contributed by atoms with Crippen molar-refractivity contribution >= 4 is 26.0 Å². The molecular weight excluding hydrogens is 348 g/mol. The third-order valence-electron chi connectivity index (χ3n) is 5.67. The largest absolute Gasteiger partial charge is 0.543 e. The van der Waals surface area contributed by atoms with Crippen molar-refractivity contribution in [2.75, 3.05) is 0 Å². The number of carbonyl (C=O) groups is 3. The molecule has 0 bridgehead atoms. The van der Waals surface area contributed by atoms with Crippen LogP contribution in [0.4, 0.5) is 0 Å². The van der Waals surface area contributed by atoms with Crippen LogP contribution >= 0.6 is 0 Å². The number of rotatable bonds is 3. The molecule has 3 amide bonds. The molecular formula is C19H26N2O4Si. The molecule has 1 saturated heterocycles. The Balaban J connectivity index is 1.80. The van der Waals surface area contributed by atoms with Crippen LogP contribution < -0.4 is 9.74 Å². The molecule has 2 heterocycles. The Morgan fingerprint density at radius 2 is 1.88 bits per heavy atom. The summed E-state index contributed by atoms with van der Waals surface area (Å²) in [6.07, 6.45) is 0.633. The number of nitrogens with one attached hydrogen (secondary N) is 1. The number of piperidine rings is 1. The zero-order valence-electron chi connectivity index (χ0n) is 16.0. The van der Waals surface area contributed by atoms with Gasteiger partial charge in [-0.05, 0) is 48.3 Å². The van der Waals surface area contributed by atoms with E-state index in [4.69, 9.17) is 4.43 Å². The molecule has 0 radical (unpaired) electrons. The molecule has 0 aliphatic carbocycles. The second-order valence-corrected chi connectivity index (χ2v) is 13.3. The first-order valence-corrected chi connectivity index (χ1v) is 11.9. The van der Waals surface area contributed by atoms with Gasteiger partial charge in [0, 0.05) is 18.5 Å². The van der Waals surface area contributed by atoms with E-state index in [1.807, 2.05) is 12.1 Å². The summed E-state index contributed by atoms with van der Waals surface area (Å²) in [4.78, 5) is 37.7. The van der Waals surface area contributed by atoms with Crippen LogP contribution in [0.1, 0.15) is 49.5 Å². The molecule has 0 aromatic heterocycles. The minimum Gasteiger partial charge on any atom is -0.543 e. The van der Waals surface area contributed by atoms with E-state index in [0.717, 1.165) is 11.3 Å². The van der Waals surface area contributed by atoms with E-state index in [1.54, 1.807) is 11.0 Å². The van der Waals surface area contributed by atoms with Gasteiger partial charge in [0.25, 0.3) is 5.91 Å². The van der Waals surface area contributed by atoms with Gasteiger partial charge in [-0.25, -0.2) is 0 Å². The van der Waals surface area contributed by atoms with Gasteiger partial charge in [-0.1, -0.05) is 20.8 Å². The molecule has 1 aromatic carbocycles. The van der Waals surface area contributed by atoms with Crippen LogP contribution in [0.2, 0.25) is 18.1 Å². The molecule has 2 aliphatic rings. The van der Waals surface area contributed by atoms with Crippen LogP contribution in [0.15, 0.2) is 18.2 Å². The van der Waals surface area contributed by atoms with E-state index in [0.29, 0.717) is 18.5 Å². The Morgan fingerprint density at radius 3 is 2.50 bits per heavy atom. The average molecular weight is 375 g/mol. The summed E-state index contributed by atoms with van der Waals surface area (Å²) >= 11 is 0. The van der Waals surface area contributed by atoms with Gasteiger partial charge in [0.1, 0.15) is 11.8 Å². The van der Waals surface area contributed by atoms with Gasteiger partial charge < -0.3 is 9.33 Å². The Kier molecular flexibility index (Phi) is 4.46. The first-order valence-electron chi connectivity index (χ1n) is 8.96. The first kappa shape index (κ1) is 18.6. The maximum atomic E-state index is 12.7. The van der Waals surface area contributed by atoms with Crippen LogP contribution in [0.3, 0.4) is 0 Å². The maximum absolute atomic E-state index is 12.7. The fourth-order valence-corrected chi connectivity index (χ4v) is 4.08. The highest BCUT2D eigenvalue weighted by Gasteiger charge is 2.41. The first-order chi connectivity index (χ1) is 12.0. The minimum atomic E-state index is -1.96. The summed E-state index contributed by atoms with van der Waals surface area (Å²) in [5.41, 5.74) is 1.48. The predicted octanol–water partition coefficient (Wildman–Crippen LogP) is 2.83. The second kappa shape index (κ2) is 6.23. The van der Waals surface area contributed by atoms with E-state index in [1.165, 1.54) is 0 Å². The molecule has 3 rings (SSSR count). The SMILES string of the molecule is CC(C)(C)[Si](C)(C)Oc1ccc2c(c1)CN(C1CCC(=O)NC1=O)C2=O. The van der Waals surface area contributed by atoms with Crippen LogP contribution in [-0.2, 0) is 16.1 Å². The van der Waals surface area contributed by atoms with Crippen molar-refractivity contribution in [3.63, 3.8) is 0 Å². The van der Waals surface area contributed by atoms with E-state index >= 15 is 0 Å². The summed E-state index contributed by atoms with van der Waals surface area (Å²) in [5.74, 6) is -0.0535. The highest BCUT2D eigenvalue weighted by molar-refractivity contribution is 6.74. The van der Waals surface area contributed by atoms with Crippen LogP contribution in [0, 0.1) is 0 Å². The van der Waals surface area contributed by atoms with E-state index < -0.39 is 14.4 Å². The normalized spacial score (nSPS) is 20.9. The highest BCUT2D eigenvalue weighted by atomic mass is 28.4. The molecule has 1 atom stereocenters. The number of imide groups is 1. The lowest BCUT2D eigenvalue weighted by atomic mass is 10.0. The smallest absolute Gasteiger partial charge is 0.255 e. The minimum absolute atomic E-state index is 0.0839. The second-order valence-electron chi connectivity index (χ2n) is 8.58. The number of carbonyl (C=O) groups excluding carboxylic acids is 3. The molecule has 0 saturated carbocycles. The number of hydrogen-bond donors (Lipinski definition) is 1. The van der Waals surface area contributed by atoms with E-state index in [-0.39, 0.29) is 29.2 Å². The van der Waals surface area contributed by atoms with Crippen molar-refractivity contribution in [3.8, 4) is 5.75 Å². The number of benzene rings is 1. The molecule has 2 aliphatic heterocycles. The zero-order chi connectivity index (χ0) is 19.3. The van der Waals surface area contributed by atoms with Crippen LogP contribution in [0.25, 0.3) is 0 Å². The summed E-state index contributed by atoms with van der Waals surface area (Å²) in [6, 6.07) is 4.95. The third kappa shape index (κ3) is 3.27. The molecule has 0 spiro atoms. The third-order valence-corrected chi connectivity index (χ3v) is 10.0. The Labute approximate surface area is 155 Å². The van der Waals surface area contributed by atoms with Gasteiger partial charge in [0.2, 0.25) is 20.1 Å². The standard InChI is InChI=1S/C19H26N2O4Si/c1-19(2,3)26(4,5)25-13-6-7-14-12(10-13)11-21(18(14)24)15-8-9-16(22)20-17(15)23/h6-7,10,15H,8-9,11H2,1-5H3,(H,20,22,23). The lowest BCUT2D eigenvalue weighted by Gasteiger charge is -2.36. The zero-order valence-corrected chi connectivity index (χ0v) is 17.0. The topological polar surface area (TPSA) is 75.7 Å². The molecule has 6 nitrogen and oxygen atoms in total. The molecule has 1 unspecified atom stereocenters. The quantitative estimate of drug-likeness (QED) is 0.652. The number of hydrogen-bond acceptors (Lipinski definition) is 4. The fraction of sp³-hybridized carbons (Fsp3) is 0.526. The molecule has 140 valence electrons. The maximum Gasteiger partial charge on any atom is 0.255 e. The lowest BCUT2D eigenvalue weighted by molar-refractivity contribution is -0.136. The lowest BCUT2D eigenvalue weighted by Crippen LogP contribution is -2.52. The Morgan fingerprint density at radius 1 is 1.19 bits per heavy atom. The number of nitrogens with zero attached hydrogens (tertiary/aromatic N) is 1. The van der Waals surface area contributed by atoms with Crippen molar-refractivity contribution in [2.45, 2.75) is 64.3 Å². The predicted molar refractivity (Wildman–Crippen MR) is 100 cm³/mol. The van der Waals surface area contributed by atoms with Crippen molar-refractivity contribution in [3.05, 3.63) is 29.3 Å². The summed E-state index contributed by atoms with van der Waals surface area (Å²) in [5, 5.41) is 2.41. The molecule has 1 fully saturated rings. The van der Waals surface area contributed by atoms with Gasteiger partial charge in [0.15, 0.2) is 0 Å². The molecule has 1 N–H and O–H groups in total. The average Bonchev–Trinajstić information content (AvgIpc) is 2.82. The molecule has 7 heteroatoms. The van der Waals surface area contributed by atoms with Gasteiger partial charge in [-0.15, -0.1) is 0 Å². The van der Waals surface area contributed by atoms with Crippen molar-refractivity contribution in [2.24, 2.45) is 0 Å². The van der Waals surface area contributed by atoms with Crippen LogP contribution in [0.5, 0.6) is 5.75 Å². The van der Waals surface area contributed by atoms with Crippen LogP contribution in [-0.4, -0.2) is 37.0 Å². The van der Waals surface area contributed by atoms with Gasteiger partial charge in [-0.3, -0.25) is 19.7 Å². The summed E-state index contributed by atoms with van der Waals surface area (Å²) in [6.45, 7) is 11.3. The highest BCUT2D eigenvalue weighted by Crippen LogP contribution is 2.38. The monoisotopic (exact) mass is 374 g/mol. The van der Waals surface area contributed by atoms with E-state index in [9.17, 15) is 14.4 Å². The van der Waals surface area contributed by atoms with Gasteiger partial charge in [-0.2, -0.15) is 0 Å². The van der Waals surface area contributed by atoms with Crippen molar-refractivity contribution in [1.29, 1.82) is 0 Å². The summed E-state index contributed by atoms with van der Waals surface area (Å²) in [7, 11) is -1.96. The van der Waals surface area contributed by atoms with Gasteiger partial charge >= 0.3 is 0 Å². The van der Waals surface area contributed by atoms with Gasteiger partial charge in [0.05, 0.1) is 0 Å². The fourth-order valence-electron chi connectivity index (χ4n) is 3.06. The number of amides is 3. The van der Waals surface area contributed by atoms with Crippen molar-refractivity contribution in [1.82, 2.24) is 10.2 Å².